The van der Waals surface area contributed by atoms with Crippen molar-refractivity contribution >= 4 is 5.91 Å². The summed E-state index contributed by atoms with van der Waals surface area (Å²) in [5.41, 5.74) is 0. The number of hydrogen-bond donors (Lipinski definition) is 2. The van der Waals surface area contributed by atoms with Crippen LogP contribution in [0, 0.1) is 0 Å². The summed E-state index contributed by atoms with van der Waals surface area (Å²) in [7, 11) is 0. The summed E-state index contributed by atoms with van der Waals surface area (Å²) in [5, 5.41) is 12.4. The number of rotatable bonds is 1. The van der Waals surface area contributed by atoms with Crippen molar-refractivity contribution in [2.75, 3.05) is 32.8 Å². The van der Waals surface area contributed by atoms with Crippen LogP contribution in [0.25, 0.3) is 0 Å². The number of amides is 1. The van der Waals surface area contributed by atoms with Gasteiger partial charge in [-0.3, -0.25) is 4.79 Å². The molecule has 80 valence electrons. The fraction of sp³-hybridized carbons (Fsp3) is 0.889. The molecule has 0 saturated carbocycles. The Bertz CT molecular complexity index is 209. The van der Waals surface area contributed by atoms with Gasteiger partial charge < -0.3 is 20.1 Å². The SMILES string of the molecule is O=C(C1CNCCO1)N1CC[C@@H](O)C1. The van der Waals surface area contributed by atoms with Crippen molar-refractivity contribution in [1.29, 1.82) is 0 Å². The van der Waals surface area contributed by atoms with Crippen molar-refractivity contribution < 1.29 is 14.6 Å². The number of aliphatic hydroxyl groups excluding tert-OH is 1. The molecule has 2 aliphatic heterocycles. The van der Waals surface area contributed by atoms with Crippen LogP contribution in [0.4, 0.5) is 0 Å². The van der Waals surface area contributed by atoms with Gasteiger partial charge in [0.05, 0.1) is 12.7 Å². The second-order valence-electron chi connectivity index (χ2n) is 3.79. The summed E-state index contributed by atoms with van der Waals surface area (Å²) in [5.74, 6) is 0.00810. The molecule has 0 aromatic heterocycles. The lowest BCUT2D eigenvalue weighted by molar-refractivity contribution is -0.144. The lowest BCUT2D eigenvalue weighted by Gasteiger charge is -2.26. The fourth-order valence-electron chi connectivity index (χ4n) is 1.87. The maximum Gasteiger partial charge on any atom is 0.253 e. The Balaban J connectivity index is 1.87. The van der Waals surface area contributed by atoms with E-state index in [2.05, 4.69) is 5.32 Å². The number of aliphatic hydroxyl groups is 1. The number of carbonyl (C=O) groups is 1. The van der Waals surface area contributed by atoms with E-state index in [4.69, 9.17) is 4.74 Å². The molecule has 2 heterocycles. The van der Waals surface area contributed by atoms with Gasteiger partial charge >= 0.3 is 0 Å². The van der Waals surface area contributed by atoms with Gasteiger partial charge in [-0.2, -0.15) is 0 Å². The maximum atomic E-state index is 11.8. The van der Waals surface area contributed by atoms with E-state index in [9.17, 15) is 9.90 Å². The summed E-state index contributed by atoms with van der Waals surface area (Å²) in [4.78, 5) is 13.5. The quantitative estimate of drug-likeness (QED) is 0.544. The topological polar surface area (TPSA) is 61.8 Å². The van der Waals surface area contributed by atoms with E-state index in [0.717, 1.165) is 6.54 Å². The normalized spacial score (nSPS) is 33.4. The number of morpholine rings is 1. The predicted octanol–water partition coefficient (Wildman–Crippen LogP) is -1.43. The van der Waals surface area contributed by atoms with Gasteiger partial charge in [0, 0.05) is 26.2 Å². The van der Waals surface area contributed by atoms with Crippen LogP contribution < -0.4 is 5.32 Å². The minimum absolute atomic E-state index is 0.00810. The maximum absolute atomic E-state index is 11.8. The van der Waals surface area contributed by atoms with Gasteiger partial charge in [-0.05, 0) is 6.42 Å². The number of ether oxygens (including phenoxy) is 1. The standard InChI is InChI=1S/C9H16N2O3/c12-7-1-3-11(6-7)9(13)8-5-10-2-4-14-8/h7-8,10,12H,1-6H2/t7-,8?/m1/s1. The van der Waals surface area contributed by atoms with E-state index >= 15 is 0 Å². The van der Waals surface area contributed by atoms with Gasteiger partial charge in [0.1, 0.15) is 6.10 Å². The van der Waals surface area contributed by atoms with Crippen LogP contribution in [0.15, 0.2) is 0 Å². The van der Waals surface area contributed by atoms with E-state index in [1.807, 2.05) is 0 Å². The van der Waals surface area contributed by atoms with E-state index in [0.29, 0.717) is 32.7 Å². The van der Waals surface area contributed by atoms with E-state index in [1.54, 1.807) is 4.90 Å². The predicted molar refractivity (Wildman–Crippen MR) is 49.8 cm³/mol. The lowest BCUT2D eigenvalue weighted by Crippen LogP contribution is -2.48. The molecule has 2 saturated heterocycles. The van der Waals surface area contributed by atoms with Gasteiger partial charge in [-0.25, -0.2) is 0 Å². The second kappa shape index (κ2) is 4.25. The summed E-state index contributed by atoms with van der Waals surface area (Å²) in [6.45, 7) is 3.10. The van der Waals surface area contributed by atoms with Crippen LogP contribution in [0.3, 0.4) is 0 Å². The van der Waals surface area contributed by atoms with Crippen LogP contribution in [0.1, 0.15) is 6.42 Å². The van der Waals surface area contributed by atoms with Crippen molar-refractivity contribution in [2.24, 2.45) is 0 Å². The minimum atomic E-state index is -0.353. The third-order valence-corrected chi connectivity index (χ3v) is 2.68. The molecule has 2 N–H and O–H groups in total. The molecule has 5 nitrogen and oxygen atoms in total. The first-order valence-electron chi connectivity index (χ1n) is 5.06. The molecule has 0 aliphatic carbocycles. The molecule has 1 unspecified atom stereocenters. The third kappa shape index (κ3) is 2.05. The molecule has 14 heavy (non-hydrogen) atoms. The molecule has 2 atom stereocenters. The first kappa shape index (κ1) is 9.89. The highest BCUT2D eigenvalue weighted by molar-refractivity contribution is 5.81. The van der Waals surface area contributed by atoms with Crippen molar-refractivity contribution in [3.05, 3.63) is 0 Å². The highest BCUT2D eigenvalue weighted by Gasteiger charge is 2.31. The van der Waals surface area contributed by atoms with E-state index in [1.165, 1.54) is 0 Å². The zero-order valence-corrected chi connectivity index (χ0v) is 8.11. The third-order valence-electron chi connectivity index (χ3n) is 2.68. The van der Waals surface area contributed by atoms with E-state index in [-0.39, 0.29) is 18.1 Å². The molecule has 0 radical (unpaired) electrons. The number of β-amino-alcohol motifs (C(OH)–C–C–N with tert-alkyl or cyclic N) is 1. The molecular formula is C9H16N2O3. The van der Waals surface area contributed by atoms with E-state index < -0.39 is 0 Å². The molecule has 2 aliphatic rings. The van der Waals surface area contributed by atoms with Gasteiger partial charge in [-0.1, -0.05) is 0 Å². The zero-order chi connectivity index (χ0) is 9.97. The number of nitrogens with one attached hydrogen (secondary N) is 1. The number of likely N-dealkylation sites (tertiary alicyclic amines) is 1. The van der Waals surface area contributed by atoms with Gasteiger partial charge in [0.15, 0.2) is 0 Å². The molecule has 1 amide bonds. The summed E-state index contributed by atoms with van der Waals surface area (Å²) < 4.78 is 5.35. The van der Waals surface area contributed by atoms with Gasteiger partial charge in [-0.15, -0.1) is 0 Å². The smallest absolute Gasteiger partial charge is 0.253 e. The second-order valence-corrected chi connectivity index (χ2v) is 3.79. The average Bonchev–Trinajstić information content (AvgIpc) is 2.65. The van der Waals surface area contributed by atoms with Crippen LogP contribution in [0.5, 0.6) is 0 Å². The summed E-state index contributed by atoms with van der Waals surface area (Å²) in [6.07, 6.45) is -0.0177. The molecule has 2 fully saturated rings. The molecule has 0 aromatic rings. The lowest BCUT2D eigenvalue weighted by atomic mass is 10.2. The van der Waals surface area contributed by atoms with Crippen molar-refractivity contribution in [3.63, 3.8) is 0 Å². The first-order chi connectivity index (χ1) is 6.77. The molecule has 5 heteroatoms. The molecule has 0 bridgehead atoms. The zero-order valence-electron chi connectivity index (χ0n) is 8.11. The molecular weight excluding hydrogens is 184 g/mol. The number of hydrogen-bond acceptors (Lipinski definition) is 4. The van der Waals surface area contributed by atoms with Crippen LogP contribution in [-0.4, -0.2) is 60.9 Å². The van der Waals surface area contributed by atoms with Crippen LogP contribution >= 0.6 is 0 Å². The Morgan fingerprint density at radius 1 is 1.57 bits per heavy atom. The van der Waals surface area contributed by atoms with Crippen molar-refractivity contribution in [3.8, 4) is 0 Å². The molecule has 0 aromatic carbocycles. The minimum Gasteiger partial charge on any atom is -0.391 e. The largest absolute Gasteiger partial charge is 0.391 e. The summed E-state index contributed by atoms with van der Waals surface area (Å²) in [6, 6.07) is 0. The Labute approximate surface area is 83.0 Å². The number of nitrogens with zero attached hydrogens (tertiary/aromatic N) is 1. The Hall–Kier alpha value is -0.650. The average molecular weight is 200 g/mol. The Morgan fingerprint density at radius 3 is 3.00 bits per heavy atom. The highest BCUT2D eigenvalue weighted by Crippen LogP contribution is 2.11. The highest BCUT2D eigenvalue weighted by atomic mass is 16.5. The fourth-order valence-corrected chi connectivity index (χ4v) is 1.87. The van der Waals surface area contributed by atoms with Crippen LogP contribution in [0.2, 0.25) is 0 Å². The van der Waals surface area contributed by atoms with Crippen LogP contribution in [-0.2, 0) is 9.53 Å². The van der Waals surface area contributed by atoms with Crippen molar-refractivity contribution in [2.45, 2.75) is 18.6 Å². The van der Waals surface area contributed by atoms with Gasteiger partial charge in [0.25, 0.3) is 5.91 Å². The molecule has 0 spiro atoms. The Morgan fingerprint density at radius 2 is 2.43 bits per heavy atom. The monoisotopic (exact) mass is 200 g/mol. The molecule has 2 rings (SSSR count). The number of carbonyl (C=O) groups excluding carboxylic acids is 1. The first-order valence-corrected chi connectivity index (χ1v) is 5.06. The van der Waals surface area contributed by atoms with Gasteiger partial charge in [0.2, 0.25) is 0 Å². The Kier molecular flexibility index (Phi) is 3.00. The van der Waals surface area contributed by atoms with Crippen molar-refractivity contribution in [1.82, 2.24) is 10.2 Å². The summed E-state index contributed by atoms with van der Waals surface area (Å²) >= 11 is 0.